The Morgan fingerprint density at radius 1 is 1.31 bits per heavy atom. The van der Waals surface area contributed by atoms with E-state index < -0.39 is 0 Å². The van der Waals surface area contributed by atoms with Gasteiger partial charge in [-0.05, 0) is 37.1 Å². The fourth-order valence-electron chi connectivity index (χ4n) is 2.47. The zero-order chi connectivity index (χ0) is 18.9. The number of aromatic nitrogens is 1. The molecule has 0 radical (unpaired) electrons. The predicted octanol–water partition coefficient (Wildman–Crippen LogP) is 4.42. The highest BCUT2D eigenvalue weighted by molar-refractivity contribution is 8.00. The zero-order valence-electron chi connectivity index (χ0n) is 15.3. The Kier molecular flexibility index (Phi) is 7.49. The van der Waals surface area contributed by atoms with Gasteiger partial charge in [0.2, 0.25) is 5.91 Å². The fourth-order valence-corrected chi connectivity index (χ4v) is 3.48. The number of ether oxygens (including phenoxy) is 1. The van der Waals surface area contributed by atoms with Crippen LogP contribution in [0.15, 0.2) is 41.4 Å². The lowest BCUT2D eigenvalue weighted by Crippen LogP contribution is -2.25. The van der Waals surface area contributed by atoms with Gasteiger partial charge in [0, 0.05) is 5.69 Å². The van der Waals surface area contributed by atoms with Crippen molar-refractivity contribution in [3.63, 3.8) is 0 Å². The van der Waals surface area contributed by atoms with Gasteiger partial charge in [-0.2, -0.15) is 5.26 Å². The van der Waals surface area contributed by atoms with Crippen molar-refractivity contribution < 1.29 is 9.53 Å². The van der Waals surface area contributed by atoms with Crippen molar-refractivity contribution in [1.29, 1.82) is 5.26 Å². The van der Waals surface area contributed by atoms with Crippen LogP contribution in [0.5, 0.6) is 5.75 Å². The highest BCUT2D eigenvalue weighted by Crippen LogP contribution is 2.30. The van der Waals surface area contributed by atoms with Crippen LogP contribution in [0.1, 0.15) is 37.9 Å². The number of hydrogen-bond donors (Lipinski definition) is 1. The molecule has 2 aromatic rings. The summed E-state index contributed by atoms with van der Waals surface area (Å²) in [5.74, 6) is 0.482. The van der Waals surface area contributed by atoms with E-state index in [9.17, 15) is 10.1 Å². The standard InChI is InChI=1S/C20H23N3O2S/c1-4-8-15-12-11-14(13-21)20(22-15)26-18(5-2)19(24)23-16-9-6-7-10-17(16)25-3/h6-7,9-12,18H,4-5,8H2,1-3H3,(H,23,24). The predicted molar refractivity (Wildman–Crippen MR) is 105 cm³/mol. The number of hydrogen-bond acceptors (Lipinski definition) is 5. The first-order valence-electron chi connectivity index (χ1n) is 8.63. The number of pyridine rings is 1. The second kappa shape index (κ2) is 9.83. The molecule has 1 aromatic heterocycles. The second-order valence-electron chi connectivity index (χ2n) is 5.72. The Balaban J connectivity index is 2.19. The van der Waals surface area contributed by atoms with Crippen molar-refractivity contribution in [2.24, 2.45) is 0 Å². The largest absolute Gasteiger partial charge is 0.495 e. The smallest absolute Gasteiger partial charge is 0.238 e. The maximum absolute atomic E-state index is 12.7. The number of methoxy groups -OCH3 is 1. The number of nitrogens with one attached hydrogen (secondary N) is 1. The molecule has 0 aliphatic heterocycles. The number of aryl methyl sites for hydroxylation is 1. The lowest BCUT2D eigenvalue weighted by atomic mass is 10.2. The first-order chi connectivity index (χ1) is 12.6. The molecule has 1 atom stereocenters. The number of para-hydroxylation sites is 2. The van der Waals surface area contributed by atoms with E-state index in [1.54, 1.807) is 25.3 Å². The summed E-state index contributed by atoms with van der Waals surface area (Å²) in [6.45, 7) is 4.03. The number of anilines is 1. The Morgan fingerprint density at radius 2 is 2.08 bits per heavy atom. The quantitative estimate of drug-likeness (QED) is 0.697. The molecule has 26 heavy (non-hydrogen) atoms. The SMILES string of the molecule is CCCc1ccc(C#N)c(SC(CC)C(=O)Nc2ccccc2OC)n1. The van der Waals surface area contributed by atoms with E-state index in [0.29, 0.717) is 28.4 Å². The molecule has 136 valence electrons. The van der Waals surface area contributed by atoms with Crippen molar-refractivity contribution in [3.05, 3.63) is 47.7 Å². The van der Waals surface area contributed by atoms with Crippen molar-refractivity contribution >= 4 is 23.4 Å². The third-order valence-electron chi connectivity index (χ3n) is 3.83. The van der Waals surface area contributed by atoms with E-state index in [-0.39, 0.29) is 11.2 Å². The minimum Gasteiger partial charge on any atom is -0.495 e. The molecule has 1 unspecified atom stereocenters. The molecule has 1 amide bonds. The Labute approximate surface area is 158 Å². The normalized spacial score (nSPS) is 11.5. The fraction of sp³-hybridized carbons (Fsp3) is 0.350. The number of nitriles is 1. The van der Waals surface area contributed by atoms with Gasteiger partial charge in [-0.1, -0.05) is 44.2 Å². The van der Waals surface area contributed by atoms with Gasteiger partial charge >= 0.3 is 0 Å². The lowest BCUT2D eigenvalue weighted by molar-refractivity contribution is -0.115. The molecule has 1 aromatic carbocycles. The summed E-state index contributed by atoms with van der Waals surface area (Å²) in [6, 6.07) is 13.1. The number of rotatable bonds is 8. The minimum absolute atomic E-state index is 0.131. The van der Waals surface area contributed by atoms with Gasteiger partial charge in [0.15, 0.2) is 0 Å². The molecule has 0 saturated carbocycles. The molecule has 0 spiro atoms. The average Bonchev–Trinajstić information content (AvgIpc) is 2.66. The van der Waals surface area contributed by atoms with E-state index in [1.807, 2.05) is 25.1 Å². The molecule has 2 rings (SSSR count). The Bertz CT molecular complexity index is 802. The van der Waals surface area contributed by atoms with Gasteiger partial charge < -0.3 is 10.1 Å². The topological polar surface area (TPSA) is 75.0 Å². The molecule has 0 bridgehead atoms. The second-order valence-corrected chi connectivity index (χ2v) is 6.91. The van der Waals surface area contributed by atoms with E-state index in [1.165, 1.54) is 11.8 Å². The summed E-state index contributed by atoms with van der Waals surface area (Å²) >= 11 is 1.33. The van der Waals surface area contributed by atoms with Crippen LogP contribution in [0.2, 0.25) is 0 Å². The van der Waals surface area contributed by atoms with Crippen molar-refractivity contribution in [1.82, 2.24) is 4.98 Å². The van der Waals surface area contributed by atoms with Crippen LogP contribution >= 0.6 is 11.8 Å². The zero-order valence-corrected chi connectivity index (χ0v) is 16.1. The van der Waals surface area contributed by atoms with Crippen LogP contribution in [0, 0.1) is 11.3 Å². The maximum atomic E-state index is 12.7. The van der Waals surface area contributed by atoms with E-state index >= 15 is 0 Å². The molecule has 0 aliphatic rings. The van der Waals surface area contributed by atoms with Crippen molar-refractivity contribution in [2.45, 2.75) is 43.4 Å². The summed E-state index contributed by atoms with van der Waals surface area (Å²) in [5.41, 5.74) is 2.07. The molecule has 0 fully saturated rings. The van der Waals surface area contributed by atoms with Gasteiger partial charge in [0.1, 0.15) is 16.8 Å². The van der Waals surface area contributed by atoms with E-state index in [2.05, 4.69) is 23.3 Å². The summed E-state index contributed by atoms with van der Waals surface area (Å²) in [7, 11) is 1.57. The van der Waals surface area contributed by atoms with E-state index in [0.717, 1.165) is 18.5 Å². The molecule has 0 aliphatic carbocycles. The molecule has 1 heterocycles. The van der Waals surface area contributed by atoms with Crippen molar-refractivity contribution in [3.8, 4) is 11.8 Å². The summed E-state index contributed by atoms with van der Waals surface area (Å²) < 4.78 is 5.28. The summed E-state index contributed by atoms with van der Waals surface area (Å²) in [6.07, 6.45) is 2.45. The monoisotopic (exact) mass is 369 g/mol. The number of carbonyl (C=O) groups excluding carboxylic acids is 1. The number of amides is 1. The molecular formula is C20H23N3O2S. The molecule has 1 N–H and O–H groups in total. The minimum atomic E-state index is -0.351. The van der Waals surface area contributed by atoms with Crippen LogP contribution < -0.4 is 10.1 Å². The maximum Gasteiger partial charge on any atom is 0.238 e. The molecule has 5 nitrogen and oxygen atoms in total. The van der Waals surface area contributed by atoms with Gasteiger partial charge in [0.25, 0.3) is 0 Å². The van der Waals surface area contributed by atoms with Gasteiger partial charge in [-0.25, -0.2) is 4.98 Å². The van der Waals surface area contributed by atoms with E-state index in [4.69, 9.17) is 4.74 Å². The first kappa shape index (κ1) is 19.8. The van der Waals surface area contributed by atoms with Crippen LogP contribution in [-0.4, -0.2) is 23.3 Å². The molecular weight excluding hydrogens is 346 g/mol. The summed E-state index contributed by atoms with van der Waals surface area (Å²) in [5, 5.41) is 12.5. The third-order valence-corrected chi connectivity index (χ3v) is 5.19. The van der Waals surface area contributed by atoms with Crippen LogP contribution in [0.4, 0.5) is 5.69 Å². The third kappa shape index (κ3) is 4.99. The first-order valence-corrected chi connectivity index (χ1v) is 9.51. The van der Waals surface area contributed by atoms with Crippen LogP contribution in [-0.2, 0) is 11.2 Å². The Hall–Kier alpha value is -2.52. The highest BCUT2D eigenvalue weighted by atomic mass is 32.2. The lowest BCUT2D eigenvalue weighted by Gasteiger charge is -2.16. The number of benzene rings is 1. The summed E-state index contributed by atoms with van der Waals surface area (Å²) in [4.78, 5) is 17.3. The Morgan fingerprint density at radius 3 is 2.73 bits per heavy atom. The van der Waals surface area contributed by atoms with Crippen LogP contribution in [0.25, 0.3) is 0 Å². The van der Waals surface area contributed by atoms with Gasteiger partial charge in [0.05, 0.1) is 23.6 Å². The van der Waals surface area contributed by atoms with Gasteiger partial charge in [-0.15, -0.1) is 0 Å². The average molecular weight is 369 g/mol. The van der Waals surface area contributed by atoms with Gasteiger partial charge in [-0.3, -0.25) is 4.79 Å². The highest BCUT2D eigenvalue weighted by Gasteiger charge is 2.21. The van der Waals surface area contributed by atoms with Crippen molar-refractivity contribution in [2.75, 3.05) is 12.4 Å². The molecule has 0 saturated heterocycles. The number of carbonyl (C=O) groups is 1. The number of thioether (sulfide) groups is 1. The molecule has 6 heteroatoms. The van der Waals surface area contributed by atoms with Crippen LogP contribution in [0.3, 0.4) is 0 Å². The number of nitrogens with zero attached hydrogens (tertiary/aromatic N) is 2.